The Bertz CT molecular complexity index is 2290. The van der Waals surface area contributed by atoms with Gasteiger partial charge < -0.3 is 19.9 Å². The van der Waals surface area contributed by atoms with Gasteiger partial charge in [-0.2, -0.15) is 5.26 Å². The van der Waals surface area contributed by atoms with Crippen LogP contribution in [0.1, 0.15) is 83.6 Å². The molecule has 13 nitrogen and oxygen atoms in total. The van der Waals surface area contributed by atoms with Crippen molar-refractivity contribution in [2.24, 2.45) is 10.8 Å². The summed E-state index contributed by atoms with van der Waals surface area (Å²) in [7, 11) is 0. The summed E-state index contributed by atoms with van der Waals surface area (Å²) in [6, 6.07) is 19.1. The Morgan fingerprint density at radius 1 is 0.864 bits per heavy atom. The minimum Gasteiger partial charge on any atom is -0.489 e. The summed E-state index contributed by atoms with van der Waals surface area (Å²) in [5, 5.41) is 15.1. The van der Waals surface area contributed by atoms with E-state index in [1.54, 1.807) is 30.3 Å². The van der Waals surface area contributed by atoms with E-state index in [4.69, 9.17) is 16.3 Å². The van der Waals surface area contributed by atoms with Gasteiger partial charge in [0.15, 0.2) is 0 Å². The van der Waals surface area contributed by atoms with Crippen molar-refractivity contribution < 1.29 is 28.7 Å². The van der Waals surface area contributed by atoms with Gasteiger partial charge in [0.05, 0.1) is 21.7 Å². The van der Waals surface area contributed by atoms with Crippen molar-refractivity contribution >= 4 is 52.5 Å². The molecule has 1 saturated carbocycles. The van der Waals surface area contributed by atoms with Gasteiger partial charge in [-0.05, 0) is 67.4 Å². The lowest BCUT2D eigenvalue weighted by Crippen LogP contribution is -2.74. The van der Waals surface area contributed by atoms with Gasteiger partial charge in [-0.25, -0.2) is 0 Å². The maximum Gasteiger partial charge on any atom is 0.262 e. The van der Waals surface area contributed by atoms with Gasteiger partial charge >= 0.3 is 0 Å². The molecule has 3 fully saturated rings. The van der Waals surface area contributed by atoms with E-state index in [9.17, 15) is 29.2 Å². The predicted molar refractivity (Wildman–Crippen MR) is 223 cm³/mol. The predicted octanol–water partition coefficient (Wildman–Crippen LogP) is 5.18. The van der Waals surface area contributed by atoms with E-state index in [1.165, 1.54) is 5.57 Å². The summed E-state index contributed by atoms with van der Waals surface area (Å²) in [4.78, 5) is 72.0. The van der Waals surface area contributed by atoms with Crippen LogP contribution in [0.4, 0.5) is 11.4 Å². The van der Waals surface area contributed by atoms with Crippen LogP contribution in [-0.2, 0) is 9.59 Å². The number of halogens is 1. The number of hydrogen-bond acceptors (Lipinski definition) is 10. The van der Waals surface area contributed by atoms with E-state index in [0.29, 0.717) is 27.5 Å². The third-order valence-electron chi connectivity index (χ3n) is 12.8. The van der Waals surface area contributed by atoms with Crippen LogP contribution in [0.5, 0.6) is 5.75 Å². The molecule has 3 aromatic carbocycles. The molecule has 3 aromatic rings. The van der Waals surface area contributed by atoms with Crippen molar-refractivity contribution in [1.82, 2.24) is 20.4 Å². The number of fused-ring (bicyclic) bond motifs is 1. The number of nitriles is 1. The summed E-state index contributed by atoms with van der Waals surface area (Å²) in [6.45, 7) is 14.2. The monoisotopic (exact) mass is 817 g/mol. The van der Waals surface area contributed by atoms with E-state index in [1.807, 2.05) is 30.3 Å². The third-order valence-corrected chi connectivity index (χ3v) is 13.1. The second-order valence-electron chi connectivity index (χ2n) is 17.3. The van der Waals surface area contributed by atoms with Crippen molar-refractivity contribution in [3.05, 3.63) is 99.6 Å². The molecule has 5 amide bonds. The fraction of sp³-hybridized carbons (Fsp3) is 0.422. The van der Waals surface area contributed by atoms with Crippen molar-refractivity contribution in [2.45, 2.75) is 65.1 Å². The topological polar surface area (TPSA) is 155 Å². The number of amides is 5. The van der Waals surface area contributed by atoms with E-state index in [0.717, 1.165) is 68.5 Å². The molecule has 0 aromatic heterocycles. The first-order valence-corrected chi connectivity index (χ1v) is 20.6. The van der Waals surface area contributed by atoms with Crippen LogP contribution in [0, 0.1) is 22.2 Å². The SMILES string of the molecule is CC1(C)C(NC(=O)c2ccc(N3CC=C(CN4CCN(c5ccc6c(c5)C(=O)N(C5CCC(=O)NC5=O)C6=O)CC4)CC3)cc2)C(C)(C)C1Oc1ccc(C#N)c(Cl)c1. The number of nitrogens with one attached hydrogen (secondary N) is 2. The van der Waals surface area contributed by atoms with Gasteiger partial charge in [0.2, 0.25) is 11.8 Å². The molecule has 1 atom stereocenters. The third kappa shape index (κ3) is 7.44. The molecule has 8 rings (SSSR count). The number of anilines is 2. The number of rotatable bonds is 9. The van der Waals surface area contributed by atoms with E-state index >= 15 is 0 Å². The largest absolute Gasteiger partial charge is 0.489 e. The molecular formula is C45H48ClN7O6. The molecular weight excluding hydrogens is 770 g/mol. The van der Waals surface area contributed by atoms with Gasteiger partial charge in [0.1, 0.15) is 24.0 Å². The molecule has 4 heterocycles. The molecule has 14 heteroatoms. The zero-order chi connectivity index (χ0) is 41.8. The second kappa shape index (κ2) is 15.5. The number of piperazine rings is 1. The van der Waals surface area contributed by atoms with Gasteiger partial charge in [0, 0.05) is 92.1 Å². The molecule has 4 aliphatic heterocycles. The highest BCUT2D eigenvalue weighted by Crippen LogP contribution is 2.55. The summed E-state index contributed by atoms with van der Waals surface area (Å²) in [6.07, 6.45) is 3.28. The Hall–Kier alpha value is -5.71. The Balaban J connectivity index is 0.808. The van der Waals surface area contributed by atoms with Crippen molar-refractivity contribution in [3.63, 3.8) is 0 Å². The summed E-state index contributed by atoms with van der Waals surface area (Å²) in [5.74, 6) is -1.53. The second-order valence-corrected chi connectivity index (χ2v) is 17.8. The number of nitrogens with zero attached hydrogens (tertiary/aromatic N) is 5. The van der Waals surface area contributed by atoms with E-state index < -0.39 is 29.7 Å². The van der Waals surface area contributed by atoms with E-state index in [2.05, 4.69) is 65.2 Å². The Morgan fingerprint density at radius 3 is 2.20 bits per heavy atom. The van der Waals surface area contributed by atoms with Gasteiger partial charge in [-0.1, -0.05) is 50.9 Å². The molecule has 1 aliphatic carbocycles. The van der Waals surface area contributed by atoms with Crippen LogP contribution in [0.25, 0.3) is 0 Å². The first-order valence-electron chi connectivity index (χ1n) is 20.2. The number of imide groups is 2. The van der Waals surface area contributed by atoms with Crippen LogP contribution in [-0.4, -0.2) is 103 Å². The number of ether oxygens (including phenoxy) is 1. The maximum absolute atomic E-state index is 13.5. The minimum absolute atomic E-state index is 0.0862. The Morgan fingerprint density at radius 2 is 1.56 bits per heavy atom. The molecule has 2 saturated heterocycles. The lowest BCUT2D eigenvalue weighted by Gasteiger charge is -2.63. The van der Waals surface area contributed by atoms with Crippen LogP contribution >= 0.6 is 11.6 Å². The maximum atomic E-state index is 13.5. The highest BCUT2D eigenvalue weighted by atomic mass is 35.5. The van der Waals surface area contributed by atoms with Crippen molar-refractivity contribution in [3.8, 4) is 11.8 Å². The first-order chi connectivity index (χ1) is 28.1. The van der Waals surface area contributed by atoms with Gasteiger partial charge in [-0.15, -0.1) is 0 Å². The highest BCUT2D eigenvalue weighted by molar-refractivity contribution is 6.31. The Labute approximate surface area is 348 Å². The number of carbonyl (C=O) groups is 5. The summed E-state index contributed by atoms with van der Waals surface area (Å²) >= 11 is 6.25. The number of hydrogen-bond donors (Lipinski definition) is 2. The molecule has 5 aliphatic rings. The minimum atomic E-state index is -0.980. The average molecular weight is 818 g/mol. The van der Waals surface area contributed by atoms with Crippen LogP contribution in [0.3, 0.4) is 0 Å². The summed E-state index contributed by atoms with van der Waals surface area (Å²) < 4.78 is 6.38. The number of piperidine rings is 1. The molecule has 59 heavy (non-hydrogen) atoms. The molecule has 0 spiro atoms. The first kappa shape index (κ1) is 40.1. The van der Waals surface area contributed by atoms with Gasteiger partial charge in [0.25, 0.3) is 17.7 Å². The average Bonchev–Trinajstić information content (AvgIpc) is 3.47. The van der Waals surface area contributed by atoms with Crippen LogP contribution in [0.15, 0.2) is 72.3 Å². The molecule has 2 N–H and O–H groups in total. The zero-order valence-electron chi connectivity index (χ0n) is 33.7. The lowest BCUT2D eigenvalue weighted by atomic mass is 9.49. The Kier molecular flexibility index (Phi) is 10.5. The quantitative estimate of drug-likeness (QED) is 0.218. The van der Waals surface area contributed by atoms with Crippen LogP contribution in [0.2, 0.25) is 5.02 Å². The highest BCUT2D eigenvalue weighted by Gasteiger charge is 2.64. The molecule has 0 bridgehead atoms. The normalized spacial score (nSPS) is 23.8. The number of benzene rings is 3. The number of carbonyl (C=O) groups excluding carboxylic acids is 5. The fourth-order valence-electron chi connectivity index (χ4n) is 9.83. The van der Waals surface area contributed by atoms with Crippen molar-refractivity contribution in [2.75, 3.05) is 55.6 Å². The summed E-state index contributed by atoms with van der Waals surface area (Å²) in [5.41, 5.74) is 4.20. The zero-order valence-corrected chi connectivity index (χ0v) is 34.5. The van der Waals surface area contributed by atoms with E-state index in [-0.39, 0.29) is 47.3 Å². The van der Waals surface area contributed by atoms with Gasteiger partial charge in [-0.3, -0.25) is 39.1 Å². The smallest absolute Gasteiger partial charge is 0.262 e. The molecule has 1 unspecified atom stereocenters. The standard InChI is InChI=1S/C45H48ClN7O6/c1-44(2)42(45(3,4)43(44)59-32-11-7-29(25-47)35(46)24-32)49-38(55)28-5-8-30(9-6-28)51-17-15-27(16-18-51)26-50-19-21-52(22-20-50)31-10-12-33-34(23-31)41(58)53(40(33)57)36-13-14-37(54)48-39(36)56/h5-12,15,23-24,36,42-43H,13-14,16-22,26H2,1-4H3,(H,49,55)(H,48,54,56). The van der Waals surface area contributed by atoms with Crippen LogP contribution < -0.4 is 25.2 Å². The molecule has 0 radical (unpaired) electrons. The molecule has 306 valence electrons. The fourth-order valence-corrected chi connectivity index (χ4v) is 10.0. The van der Waals surface area contributed by atoms with Crippen molar-refractivity contribution in [1.29, 1.82) is 5.26 Å². The lowest BCUT2D eigenvalue weighted by molar-refractivity contribution is -0.164.